The maximum atomic E-state index is 13.0. The molecule has 208 valence electrons. The van der Waals surface area contributed by atoms with Crippen LogP contribution in [0.2, 0.25) is 0 Å². The van der Waals surface area contributed by atoms with E-state index in [4.69, 9.17) is 21.4 Å². The molecular weight excluding hydrogens is 576 g/mol. The summed E-state index contributed by atoms with van der Waals surface area (Å²) in [4.78, 5) is 58.7. The first kappa shape index (κ1) is 28.3. The molecule has 2 aliphatic heterocycles. The van der Waals surface area contributed by atoms with Crippen molar-refractivity contribution in [2.75, 3.05) is 30.4 Å². The van der Waals surface area contributed by atoms with Crippen LogP contribution in [-0.4, -0.2) is 106 Å². The number of aromatic nitrogens is 5. The summed E-state index contributed by atoms with van der Waals surface area (Å²) < 4.78 is 1.58. The van der Waals surface area contributed by atoms with E-state index in [1.807, 2.05) is 0 Å². The average Bonchev–Trinajstić information content (AvgIpc) is 3.54. The van der Waals surface area contributed by atoms with Gasteiger partial charge < -0.3 is 31.8 Å². The van der Waals surface area contributed by atoms with Crippen LogP contribution < -0.4 is 16.8 Å². The highest BCUT2D eigenvalue weighted by atomic mass is 32.2. The van der Waals surface area contributed by atoms with Gasteiger partial charge >= 0.3 is 11.9 Å². The molecule has 0 saturated carbocycles. The third-order valence-electron chi connectivity index (χ3n) is 5.31. The summed E-state index contributed by atoms with van der Waals surface area (Å²) in [6, 6.07) is -1.06. The zero-order valence-corrected chi connectivity index (χ0v) is 22.4. The molecule has 2 aliphatic rings. The first-order valence-electron chi connectivity index (χ1n) is 11.1. The van der Waals surface area contributed by atoms with Crippen LogP contribution in [0.4, 0.5) is 5.13 Å². The van der Waals surface area contributed by atoms with Gasteiger partial charge in [-0.25, -0.2) is 19.3 Å². The first-order valence-corrected chi connectivity index (χ1v) is 14.1. The van der Waals surface area contributed by atoms with Crippen LogP contribution in [0.5, 0.6) is 0 Å². The summed E-state index contributed by atoms with van der Waals surface area (Å²) in [7, 11) is 0. The van der Waals surface area contributed by atoms with E-state index in [9.17, 15) is 24.3 Å². The largest absolute Gasteiger partial charge is 0.479 e. The molecule has 1 saturated heterocycles. The molecule has 2 atom stereocenters. The molecule has 1 fully saturated rings. The maximum Gasteiger partial charge on any atom is 0.352 e. The number of hydrogen-bond acceptors (Lipinski definition) is 15. The number of oxime groups is 1. The standard InChI is InChI=1S/C19H22N10O7S3/c20-2-1-3-28-19(24-26-27-28)39-6-8-5-37-16-12(15(33)29(16)13(8)17(34)35)23-14(32)11(25-36-4-10(30)31)9-7-38-18(21)22-9/h7,12,16H,1-6,20H2,(H2,21,22)(H,23,32)(H,30,31)(H,34,35)/b25-11+/t12?,16-/m1/s1. The topological polar surface area (TPSA) is 254 Å². The van der Waals surface area contributed by atoms with Crippen molar-refractivity contribution in [2.45, 2.75) is 29.5 Å². The predicted octanol–water partition coefficient (Wildman–Crippen LogP) is -1.60. The fourth-order valence-electron chi connectivity index (χ4n) is 3.59. The average molecular weight is 599 g/mol. The number of aliphatic carboxylic acids is 2. The summed E-state index contributed by atoms with van der Waals surface area (Å²) in [5, 5.41) is 37.6. The van der Waals surface area contributed by atoms with Crippen LogP contribution in [0.25, 0.3) is 0 Å². The summed E-state index contributed by atoms with van der Waals surface area (Å²) >= 11 is 3.55. The number of rotatable bonds is 13. The van der Waals surface area contributed by atoms with Gasteiger partial charge in [-0.2, -0.15) is 0 Å². The third-order valence-corrected chi connectivity index (χ3v) is 8.37. The van der Waals surface area contributed by atoms with Gasteiger partial charge in [0.2, 0.25) is 11.8 Å². The summed E-state index contributed by atoms with van der Waals surface area (Å²) in [5.74, 6) is -3.57. The number of carbonyl (C=O) groups is 4. The Morgan fingerprint density at radius 2 is 2.13 bits per heavy atom. The Morgan fingerprint density at radius 3 is 2.79 bits per heavy atom. The molecule has 0 radical (unpaired) electrons. The number of thioether (sulfide) groups is 2. The van der Waals surface area contributed by atoms with Gasteiger partial charge in [-0.3, -0.25) is 14.5 Å². The van der Waals surface area contributed by atoms with Crippen molar-refractivity contribution < 1.29 is 34.2 Å². The molecule has 1 unspecified atom stereocenters. The monoisotopic (exact) mass is 598 g/mol. The molecule has 0 aromatic carbocycles. The molecule has 4 rings (SSSR count). The second kappa shape index (κ2) is 12.4. The van der Waals surface area contributed by atoms with Gasteiger partial charge in [-0.05, 0) is 29.0 Å². The molecule has 0 spiro atoms. The number of carbonyl (C=O) groups excluding carboxylic acids is 2. The number of nitrogens with zero attached hydrogens (tertiary/aromatic N) is 7. The molecule has 7 N–H and O–H groups in total. The van der Waals surface area contributed by atoms with Crippen molar-refractivity contribution in [2.24, 2.45) is 10.9 Å². The maximum absolute atomic E-state index is 13.0. The Hall–Kier alpha value is -3.75. The molecule has 17 nitrogen and oxygen atoms in total. The Kier molecular flexibility index (Phi) is 8.99. The van der Waals surface area contributed by atoms with E-state index in [0.717, 1.165) is 16.2 Å². The zero-order valence-electron chi connectivity index (χ0n) is 19.9. The minimum Gasteiger partial charge on any atom is -0.479 e. The zero-order chi connectivity index (χ0) is 28.1. The van der Waals surface area contributed by atoms with Crippen molar-refractivity contribution in [3.05, 3.63) is 22.3 Å². The van der Waals surface area contributed by atoms with E-state index in [1.54, 1.807) is 4.68 Å². The lowest BCUT2D eigenvalue weighted by Crippen LogP contribution is -2.71. The van der Waals surface area contributed by atoms with E-state index < -0.39 is 41.8 Å². The van der Waals surface area contributed by atoms with E-state index in [0.29, 0.717) is 30.2 Å². The number of nitrogens with one attached hydrogen (secondary N) is 1. The number of amides is 2. The number of anilines is 1. The highest BCUT2D eigenvalue weighted by Gasteiger charge is 2.54. The van der Waals surface area contributed by atoms with Crippen molar-refractivity contribution in [1.82, 2.24) is 35.4 Å². The van der Waals surface area contributed by atoms with Gasteiger partial charge in [0.1, 0.15) is 22.8 Å². The van der Waals surface area contributed by atoms with Gasteiger partial charge in [0.05, 0.1) is 0 Å². The van der Waals surface area contributed by atoms with Crippen LogP contribution in [-0.2, 0) is 30.6 Å². The smallest absolute Gasteiger partial charge is 0.352 e. The number of β-lactam (4-membered cyclic amide) rings is 1. The number of nitrogens with two attached hydrogens (primary N) is 2. The first-order chi connectivity index (χ1) is 18.7. The number of hydrogen-bond donors (Lipinski definition) is 5. The Bertz CT molecular complexity index is 1340. The second-order valence-electron chi connectivity index (χ2n) is 7.91. The van der Waals surface area contributed by atoms with Crippen LogP contribution in [0.3, 0.4) is 0 Å². The molecule has 4 heterocycles. The fraction of sp³-hybridized carbons (Fsp3) is 0.421. The number of aryl methyl sites for hydroxylation is 1. The van der Waals surface area contributed by atoms with Crippen molar-refractivity contribution >= 4 is 69.5 Å². The van der Waals surface area contributed by atoms with Crippen LogP contribution in [0, 0.1) is 0 Å². The van der Waals surface area contributed by atoms with Gasteiger partial charge in [0.25, 0.3) is 11.8 Å². The van der Waals surface area contributed by atoms with Crippen LogP contribution >= 0.6 is 34.9 Å². The van der Waals surface area contributed by atoms with Crippen molar-refractivity contribution in [1.29, 1.82) is 0 Å². The number of tetrazole rings is 1. The molecule has 2 amide bonds. The summed E-state index contributed by atoms with van der Waals surface area (Å²) in [6.45, 7) is 0.170. The molecule has 0 bridgehead atoms. The Labute approximate surface area is 232 Å². The van der Waals surface area contributed by atoms with Crippen molar-refractivity contribution in [3.8, 4) is 0 Å². The Balaban J connectivity index is 1.47. The predicted molar refractivity (Wildman–Crippen MR) is 139 cm³/mol. The molecule has 39 heavy (non-hydrogen) atoms. The minimum atomic E-state index is -1.31. The normalized spacial score (nSPS) is 18.9. The number of fused-ring (bicyclic) bond motifs is 1. The van der Waals surface area contributed by atoms with E-state index >= 15 is 0 Å². The lowest BCUT2D eigenvalue weighted by atomic mass is 10.0. The molecule has 0 aliphatic carbocycles. The van der Waals surface area contributed by atoms with E-state index in [-0.39, 0.29) is 33.7 Å². The summed E-state index contributed by atoms with van der Waals surface area (Å²) in [5.41, 5.74) is 11.2. The highest BCUT2D eigenvalue weighted by Crippen LogP contribution is 2.41. The molecule has 2 aromatic rings. The Morgan fingerprint density at radius 1 is 1.33 bits per heavy atom. The third kappa shape index (κ3) is 6.29. The lowest BCUT2D eigenvalue weighted by molar-refractivity contribution is -0.150. The molecule has 20 heteroatoms. The van der Waals surface area contributed by atoms with E-state index in [1.165, 1.54) is 28.9 Å². The second-order valence-corrected chi connectivity index (χ2v) is 10.8. The SMILES string of the molecule is NCCCn1nnnc1SCC1=C(C(=O)O)N2C(=O)C(NC(=O)/C(=N/OCC(=O)O)c3csc(N)n3)[C@H]2SC1. The fourth-order valence-corrected chi connectivity index (χ4v) is 6.53. The van der Waals surface area contributed by atoms with Crippen LogP contribution in [0.1, 0.15) is 12.1 Å². The quantitative estimate of drug-likeness (QED) is 0.0753. The highest BCUT2D eigenvalue weighted by molar-refractivity contribution is 8.01. The number of nitrogen functional groups attached to an aromatic ring is 1. The van der Waals surface area contributed by atoms with Gasteiger partial charge in [0, 0.05) is 23.4 Å². The van der Waals surface area contributed by atoms with Gasteiger partial charge in [-0.15, -0.1) is 28.2 Å². The molecular formula is C19H22N10O7S3. The number of carboxylic acid groups (broad SMARTS) is 2. The van der Waals surface area contributed by atoms with Crippen LogP contribution in [0.15, 0.2) is 27.0 Å². The van der Waals surface area contributed by atoms with E-state index in [2.05, 4.69) is 31.0 Å². The van der Waals surface area contributed by atoms with Crippen molar-refractivity contribution in [3.63, 3.8) is 0 Å². The number of thiazole rings is 1. The van der Waals surface area contributed by atoms with Gasteiger partial charge in [-0.1, -0.05) is 16.9 Å². The minimum absolute atomic E-state index is 0.0274. The van der Waals surface area contributed by atoms with Gasteiger partial charge in [0.15, 0.2) is 10.8 Å². The summed E-state index contributed by atoms with van der Waals surface area (Å²) in [6.07, 6.45) is 0.669. The number of carboxylic acids is 2. The molecule has 2 aromatic heterocycles. The lowest BCUT2D eigenvalue weighted by Gasteiger charge is -2.49.